The Morgan fingerprint density at radius 3 is 2.55 bits per heavy atom. The Kier molecular flexibility index (Phi) is 4.29. The van der Waals surface area contributed by atoms with Crippen LogP contribution in [-0.4, -0.2) is 43.4 Å². The lowest BCUT2D eigenvalue weighted by molar-refractivity contribution is -0.384. The second-order valence-electron chi connectivity index (χ2n) is 4.70. The van der Waals surface area contributed by atoms with Gasteiger partial charge < -0.3 is 19.5 Å². The zero-order valence-corrected chi connectivity index (χ0v) is 11.5. The van der Waals surface area contributed by atoms with Crippen molar-refractivity contribution in [1.82, 2.24) is 0 Å². The molecule has 2 rings (SSSR count). The fourth-order valence-electron chi connectivity index (χ4n) is 2.43. The van der Waals surface area contributed by atoms with E-state index in [-0.39, 0.29) is 5.69 Å². The number of methoxy groups -OCH3 is 2. The van der Waals surface area contributed by atoms with Gasteiger partial charge in [0.05, 0.1) is 31.3 Å². The van der Waals surface area contributed by atoms with Gasteiger partial charge in [-0.2, -0.15) is 0 Å². The molecule has 0 bridgehead atoms. The molecule has 110 valence electrons. The molecule has 0 aliphatic carbocycles. The number of piperidine rings is 1. The van der Waals surface area contributed by atoms with Gasteiger partial charge in [-0.05, 0) is 12.8 Å². The summed E-state index contributed by atoms with van der Waals surface area (Å²) in [4.78, 5) is 12.6. The lowest BCUT2D eigenvalue weighted by atomic mass is 10.1. The molecule has 1 aliphatic heterocycles. The molecule has 0 radical (unpaired) electrons. The maximum Gasteiger partial charge on any atom is 0.296 e. The largest absolute Gasteiger partial charge is 0.493 e. The highest BCUT2D eigenvalue weighted by Crippen LogP contribution is 2.40. The van der Waals surface area contributed by atoms with E-state index in [0.717, 1.165) is 12.8 Å². The Bertz CT molecular complexity index is 506. The van der Waals surface area contributed by atoms with Crippen LogP contribution in [0.1, 0.15) is 12.8 Å². The Morgan fingerprint density at radius 1 is 1.35 bits per heavy atom. The van der Waals surface area contributed by atoms with Crippen molar-refractivity contribution in [2.45, 2.75) is 18.9 Å². The summed E-state index contributed by atoms with van der Waals surface area (Å²) in [6.07, 6.45) is 1.06. The molecule has 0 spiro atoms. The van der Waals surface area contributed by atoms with Crippen molar-refractivity contribution in [3.63, 3.8) is 0 Å². The standard InChI is InChI=1S/C13H18N2O5/c1-19-12-6-10(14-5-3-4-9(16)8-14)11(15(17)18)7-13(12)20-2/h6-7,9,16H,3-5,8H2,1-2H3. The molecule has 1 heterocycles. The molecule has 1 fully saturated rings. The summed E-state index contributed by atoms with van der Waals surface area (Å²) in [7, 11) is 2.92. The number of nitro groups is 1. The van der Waals surface area contributed by atoms with Crippen LogP contribution in [0.15, 0.2) is 12.1 Å². The van der Waals surface area contributed by atoms with Crippen LogP contribution in [0.3, 0.4) is 0 Å². The monoisotopic (exact) mass is 282 g/mol. The summed E-state index contributed by atoms with van der Waals surface area (Å²) in [5.41, 5.74) is 0.406. The molecule has 1 unspecified atom stereocenters. The van der Waals surface area contributed by atoms with Gasteiger partial charge in [0.25, 0.3) is 5.69 Å². The molecule has 1 saturated heterocycles. The Hall–Kier alpha value is -2.02. The third-order valence-electron chi connectivity index (χ3n) is 3.41. The van der Waals surface area contributed by atoms with Gasteiger partial charge in [0.1, 0.15) is 5.69 Å². The van der Waals surface area contributed by atoms with Crippen LogP contribution in [0.5, 0.6) is 11.5 Å². The van der Waals surface area contributed by atoms with Gasteiger partial charge in [0.2, 0.25) is 0 Å². The number of β-amino-alcohol motifs (C(OH)–C–C–N with tert-alkyl or cyclic N) is 1. The summed E-state index contributed by atoms with van der Waals surface area (Å²) in [6, 6.07) is 2.95. The van der Waals surface area contributed by atoms with Gasteiger partial charge in [-0.1, -0.05) is 0 Å². The maximum atomic E-state index is 11.2. The molecule has 20 heavy (non-hydrogen) atoms. The van der Waals surface area contributed by atoms with Crippen LogP contribution < -0.4 is 14.4 Å². The van der Waals surface area contributed by atoms with Crippen molar-refractivity contribution in [2.24, 2.45) is 0 Å². The molecule has 7 heteroatoms. The number of nitro benzene ring substituents is 1. The number of aliphatic hydroxyl groups excluding tert-OH is 1. The number of ether oxygens (including phenoxy) is 2. The molecular weight excluding hydrogens is 264 g/mol. The number of nitrogens with zero attached hydrogens (tertiary/aromatic N) is 2. The van der Waals surface area contributed by atoms with E-state index < -0.39 is 11.0 Å². The Labute approximate surface area is 116 Å². The van der Waals surface area contributed by atoms with Gasteiger partial charge in [0.15, 0.2) is 11.5 Å². The molecule has 0 aromatic heterocycles. The molecule has 1 aliphatic rings. The van der Waals surface area contributed by atoms with Crippen LogP contribution in [0, 0.1) is 10.1 Å². The van der Waals surface area contributed by atoms with Crippen molar-refractivity contribution in [1.29, 1.82) is 0 Å². The average Bonchev–Trinajstić information content (AvgIpc) is 2.45. The Morgan fingerprint density at radius 2 is 2.00 bits per heavy atom. The summed E-state index contributed by atoms with van der Waals surface area (Å²) in [6.45, 7) is 1.06. The third-order valence-corrected chi connectivity index (χ3v) is 3.41. The van der Waals surface area contributed by atoms with Gasteiger partial charge in [-0.15, -0.1) is 0 Å². The molecule has 0 saturated carbocycles. The molecule has 1 aromatic carbocycles. The summed E-state index contributed by atoms with van der Waals surface area (Å²) in [5, 5.41) is 21.0. The molecular formula is C13H18N2O5. The van der Waals surface area contributed by atoms with Crippen molar-refractivity contribution in [3.8, 4) is 11.5 Å². The number of hydrogen-bond acceptors (Lipinski definition) is 6. The zero-order chi connectivity index (χ0) is 14.7. The summed E-state index contributed by atoms with van der Waals surface area (Å²) >= 11 is 0. The first-order chi connectivity index (χ1) is 9.56. The average molecular weight is 282 g/mol. The van der Waals surface area contributed by atoms with E-state index in [2.05, 4.69) is 0 Å². The number of aliphatic hydroxyl groups is 1. The first kappa shape index (κ1) is 14.4. The highest BCUT2D eigenvalue weighted by atomic mass is 16.6. The smallest absolute Gasteiger partial charge is 0.296 e. The van der Waals surface area contributed by atoms with Crippen LogP contribution >= 0.6 is 0 Å². The van der Waals surface area contributed by atoms with Crippen LogP contribution in [-0.2, 0) is 0 Å². The highest BCUT2D eigenvalue weighted by molar-refractivity contribution is 5.70. The SMILES string of the molecule is COc1cc(N2CCCC(O)C2)c([N+](=O)[O-])cc1OC. The quantitative estimate of drug-likeness (QED) is 0.666. The number of benzene rings is 1. The molecule has 1 aromatic rings. The minimum atomic E-state index is -0.462. The number of rotatable bonds is 4. The molecule has 1 atom stereocenters. The van der Waals surface area contributed by atoms with Crippen LogP contribution in [0.25, 0.3) is 0 Å². The van der Waals surface area contributed by atoms with E-state index in [1.54, 1.807) is 6.07 Å². The van der Waals surface area contributed by atoms with Gasteiger partial charge in [0, 0.05) is 19.2 Å². The third kappa shape index (κ3) is 2.77. The summed E-state index contributed by atoms with van der Waals surface area (Å²) < 4.78 is 10.3. The number of anilines is 1. The zero-order valence-electron chi connectivity index (χ0n) is 11.5. The van der Waals surface area contributed by atoms with Crippen LogP contribution in [0.2, 0.25) is 0 Å². The molecule has 0 amide bonds. The fraction of sp³-hybridized carbons (Fsp3) is 0.538. The van der Waals surface area contributed by atoms with E-state index >= 15 is 0 Å². The first-order valence-corrected chi connectivity index (χ1v) is 6.40. The van der Waals surface area contributed by atoms with Crippen molar-refractivity contribution in [2.75, 3.05) is 32.2 Å². The minimum absolute atomic E-state index is 0.0447. The van der Waals surface area contributed by atoms with Gasteiger partial charge in [-0.25, -0.2) is 0 Å². The minimum Gasteiger partial charge on any atom is -0.493 e. The summed E-state index contributed by atoms with van der Waals surface area (Å²) in [5.74, 6) is 0.758. The molecule has 7 nitrogen and oxygen atoms in total. The second kappa shape index (κ2) is 5.96. The topological polar surface area (TPSA) is 85.1 Å². The fourth-order valence-corrected chi connectivity index (χ4v) is 2.43. The van der Waals surface area contributed by atoms with E-state index in [4.69, 9.17) is 9.47 Å². The normalized spacial score (nSPS) is 18.8. The maximum absolute atomic E-state index is 11.2. The van der Waals surface area contributed by atoms with Crippen molar-refractivity contribution in [3.05, 3.63) is 22.2 Å². The van der Waals surface area contributed by atoms with Crippen LogP contribution in [0.4, 0.5) is 11.4 Å². The molecule has 1 N–H and O–H groups in total. The Balaban J connectivity index is 2.46. The number of hydrogen-bond donors (Lipinski definition) is 1. The van der Waals surface area contributed by atoms with E-state index in [0.29, 0.717) is 30.3 Å². The predicted octanol–water partition coefficient (Wildman–Crippen LogP) is 1.57. The second-order valence-corrected chi connectivity index (χ2v) is 4.70. The first-order valence-electron chi connectivity index (χ1n) is 6.40. The van der Waals surface area contributed by atoms with E-state index in [1.807, 2.05) is 4.90 Å². The van der Waals surface area contributed by atoms with E-state index in [9.17, 15) is 15.2 Å². The van der Waals surface area contributed by atoms with Crippen molar-refractivity contribution >= 4 is 11.4 Å². The lowest BCUT2D eigenvalue weighted by Gasteiger charge is -2.31. The van der Waals surface area contributed by atoms with E-state index in [1.165, 1.54) is 20.3 Å². The van der Waals surface area contributed by atoms with Gasteiger partial charge in [-0.3, -0.25) is 10.1 Å². The van der Waals surface area contributed by atoms with Gasteiger partial charge >= 0.3 is 0 Å². The lowest BCUT2D eigenvalue weighted by Crippen LogP contribution is -2.38. The van der Waals surface area contributed by atoms with Crippen molar-refractivity contribution < 1.29 is 19.5 Å². The highest BCUT2D eigenvalue weighted by Gasteiger charge is 2.27. The predicted molar refractivity (Wildman–Crippen MR) is 73.7 cm³/mol.